The Morgan fingerprint density at radius 2 is 1.84 bits per heavy atom. The van der Waals surface area contributed by atoms with Crippen LogP contribution in [0.3, 0.4) is 0 Å². The number of nitrogens with zero attached hydrogens (tertiary/aromatic N) is 8. The highest BCUT2D eigenvalue weighted by Gasteiger charge is 2.23. The van der Waals surface area contributed by atoms with Crippen molar-refractivity contribution in [3.8, 4) is 5.88 Å². The first-order chi connectivity index (χ1) is 12.3. The molecule has 0 atom stereocenters. The number of piperazine rings is 1. The van der Waals surface area contributed by atoms with E-state index in [-0.39, 0.29) is 0 Å². The van der Waals surface area contributed by atoms with Crippen molar-refractivity contribution in [2.45, 2.75) is 13.5 Å². The lowest BCUT2D eigenvalue weighted by Gasteiger charge is -2.35. The second-order valence-corrected chi connectivity index (χ2v) is 5.77. The van der Waals surface area contributed by atoms with Crippen LogP contribution < -0.4 is 14.5 Å². The highest BCUT2D eigenvalue weighted by molar-refractivity contribution is 5.83. The van der Waals surface area contributed by atoms with Gasteiger partial charge in [-0.2, -0.15) is 4.98 Å². The highest BCUT2D eigenvalue weighted by atomic mass is 16.5. The third kappa shape index (κ3) is 2.81. The Kier molecular flexibility index (Phi) is 4.04. The normalized spacial score (nSPS) is 15.0. The van der Waals surface area contributed by atoms with Gasteiger partial charge in [-0.25, -0.2) is 19.9 Å². The molecule has 0 spiro atoms. The fourth-order valence-corrected chi connectivity index (χ4v) is 3.05. The monoisotopic (exact) mass is 340 g/mol. The third-order valence-corrected chi connectivity index (χ3v) is 4.41. The number of hydrogen-bond donors (Lipinski definition) is 0. The summed E-state index contributed by atoms with van der Waals surface area (Å²) < 4.78 is 7.21. The summed E-state index contributed by atoms with van der Waals surface area (Å²) in [5, 5.41) is 0. The van der Waals surface area contributed by atoms with Crippen LogP contribution in [-0.2, 0) is 6.54 Å². The molecule has 3 aromatic heterocycles. The number of rotatable bonds is 4. The molecule has 4 rings (SSSR count). The Labute approximate surface area is 145 Å². The van der Waals surface area contributed by atoms with Crippen molar-refractivity contribution in [3.63, 3.8) is 0 Å². The SMILES string of the molecule is CCn1cnc2c(N3CCN(c4nccc(OC)n4)CC3)ncnc21. The van der Waals surface area contributed by atoms with Gasteiger partial charge < -0.3 is 19.1 Å². The van der Waals surface area contributed by atoms with Crippen molar-refractivity contribution in [1.82, 2.24) is 29.5 Å². The van der Waals surface area contributed by atoms with Crippen molar-refractivity contribution >= 4 is 22.9 Å². The minimum atomic E-state index is 0.579. The van der Waals surface area contributed by atoms with Crippen molar-refractivity contribution in [3.05, 3.63) is 24.9 Å². The minimum Gasteiger partial charge on any atom is -0.481 e. The number of aromatic nitrogens is 6. The van der Waals surface area contributed by atoms with Crippen LogP contribution in [0, 0.1) is 0 Å². The molecule has 0 amide bonds. The van der Waals surface area contributed by atoms with Gasteiger partial charge in [0, 0.05) is 45.0 Å². The number of aryl methyl sites for hydroxylation is 1. The molecular formula is C16H20N8O. The molecule has 1 aliphatic heterocycles. The maximum absolute atomic E-state index is 5.18. The molecule has 0 unspecified atom stereocenters. The molecule has 0 N–H and O–H groups in total. The Morgan fingerprint density at radius 3 is 2.60 bits per heavy atom. The second kappa shape index (κ2) is 6.50. The van der Waals surface area contributed by atoms with E-state index >= 15 is 0 Å². The highest BCUT2D eigenvalue weighted by Crippen LogP contribution is 2.23. The Morgan fingerprint density at radius 1 is 1.04 bits per heavy atom. The first-order valence-electron chi connectivity index (χ1n) is 8.33. The van der Waals surface area contributed by atoms with Gasteiger partial charge in [-0.1, -0.05) is 0 Å². The van der Waals surface area contributed by atoms with E-state index in [0.29, 0.717) is 11.8 Å². The standard InChI is InChI=1S/C16H20N8O/c1-3-22-11-20-13-14(22)18-10-19-15(13)23-6-8-24(9-7-23)16-17-5-4-12(21-16)25-2/h4-5,10-11H,3,6-9H2,1-2H3. The molecule has 9 heteroatoms. The van der Waals surface area contributed by atoms with Gasteiger partial charge in [-0.15, -0.1) is 0 Å². The quantitative estimate of drug-likeness (QED) is 0.695. The molecule has 25 heavy (non-hydrogen) atoms. The lowest BCUT2D eigenvalue weighted by Crippen LogP contribution is -2.47. The van der Waals surface area contributed by atoms with Gasteiger partial charge in [0.05, 0.1) is 13.4 Å². The van der Waals surface area contributed by atoms with Crippen LogP contribution >= 0.6 is 0 Å². The van der Waals surface area contributed by atoms with Crippen molar-refractivity contribution in [1.29, 1.82) is 0 Å². The summed E-state index contributed by atoms with van der Waals surface area (Å²) in [7, 11) is 1.61. The van der Waals surface area contributed by atoms with Gasteiger partial charge in [-0.05, 0) is 6.92 Å². The number of hydrogen-bond acceptors (Lipinski definition) is 8. The number of anilines is 2. The summed E-state index contributed by atoms with van der Waals surface area (Å²) in [6, 6.07) is 1.75. The summed E-state index contributed by atoms with van der Waals surface area (Å²) in [6.07, 6.45) is 5.16. The zero-order chi connectivity index (χ0) is 17.2. The minimum absolute atomic E-state index is 0.579. The number of ether oxygens (including phenoxy) is 1. The Hall–Kier alpha value is -2.97. The first kappa shape index (κ1) is 15.6. The van der Waals surface area contributed by atoms with E-state index in [1.54, 1.807) is 25.7 Å². The van der Waals surface area contributed by atoms with Crippen LogP contribution in [0.15, 0.2) is 24.9 Å². The van der Waals surface area contributed by atoms with Gasteiger partial charge >= 0.3 is 0 Å². The van der Waals surface area contributed by atoms with Crippen molar-refractivity contribution in [2.75, 3.05) is 43.1 Å². The molecule has 0 radical (unpaired) electrons. The number of fused-ring (bicyclic) bond motifs is 1. The fraction of sp³-hybridized carbons (Fsp3) is 0.438. The number of methoxy groups -OCH3 is 1. The smallest absolute Gasteiger partial charge is 0.228 e. The summed E-state index contributed by atoms with van der Waals surface area (Å²) >= 11 is 0. The van der Waals surface area contributed by atoms with E-state index in [1.165, 1.54) is 0 Å². The van der Waals surface area contributed by atoms with E-state index in [4.69, 9.17) is 4.74 Å². The first-order valence-corrected chi connectivity index (χ1v) is 8.33. The maximum atomic E-state index is 5.18. The average molecular weight is 340 g/mol. The van der Waals surface area contributed by atoms with E-state index in [9.17, 15) is 0 Å². The lowest BCUT2D eigenvalue weighted by atomic mass is 10.3. The predicted molar refractivity (Wildman–Crippen MR) is 94.0 cm³/mol. The molecule has 1 aliphatic rings. The van der Waals surface area contributed by atoms with Crippen molar-refractivity contribution < 1.29 is 4.74 Å². The molecule has 4 heterocycles. The summed E-state index contributed by atoms with van der Waals surface area (Å²) in [4.78, 5) is 26.5. The Balaban J connectivity index is 1.53. The predicted octanol–water partition coefficient (Wildman–Crippen LogP) is 0.971. The van der Waals surface area contributed by atoms with Crippen LogP contribution in [0.25, 0.3) is 11.2 Å². The molecule has 0 aliphatic carbocycles. The van der Waals surface area contributed by atoms with Gasteiger partial charge in [-0.3, -0.25) is 0 Å². The zero-order valence-corrected chi connectivity index (χ0v) is 14.3. The molecule has 130 valence electrons. The average Bonchev–Trinajstić information content (AvgIpc) is 3.11. The summed E-state index contributed by atoms with van der Waals surface area (Å²) in [5.74, 6) is 2.17. The van der Waals surface area contributed by atoms with Crippen LogP contribution in [0.5, 0.6) is 5.88 Å². The second-order valence-electron chi connectivity index (χ2n) is 5.77. The van der Waals surface area contributed by atoms with E-state index in [1.807, 2.05) is 10.9 Å². The van der Waals surface area contributed by atoms with E-state index in [2.05, 4.69) is 41.6 Å². The van der Waals surface area contributed by atoms with Gasteiger partial charge in [0.25, 0.3) is 0 Å². The largest absolute Gasteiger partial charge is 0.481 e. The van der Waals surface area contributed by atoms with Gasteiger partial charge in [0.2, 0.25) is 11.8 Å². The van der Waals surface area contributed by atoms with Gasteiger partial charge in [0.1, 0.15) is 6.33 Å². The Bertz CT molecular complexity index is 871. The van der Waals surface area contributed by atoms with Gasteiger partial charge in [0.15, 0.2) is 17.0 Å². The van der Waals surface area contributed by atoms with Crippen LogP contribution in [0.2, 0.25) is 0 Å². The third-order valence-electron chi connectivity index (χ3n) is 4.41. The van der Waals surface area contributed by atoms with E-state index in [0.717, 1.165) is 49.7 Å². The zero-order valence-electron chi connectivity index (χ0n) is 14.3. The molecule has 0 bridgehead atoms. The van der Waals surface area contributed by atoms with Crippen LogP contribution in [0.1, 0.15) is 6.92 Å². The summed E-state index contributed by atoms with van der Waals surface area (Å²) in [5.41, 5.74) is 1.74. The topological polar surface area (TPSA) is 85.1 Å². The molecule has 0 aromatic carbocycles. The molecule has 9 nitrogen and oxygen atoms in total. The molecule has 1 saturated heterocycles. The van der Waals surface area contributed by atoms with Crippen LogP contribution in [0.4, 0.5) is 11.8 Å². The maximum Gasteiger partial charge on any atom is 0.228 e. The van der Waals surface area contributed by atoms with E-state index < -0.39 is 0 Å². The number of imidazole rings is 1. The fourth-order valence-electron chi connectivity index (χ4n) is 3.05. The van der Waals surface area contributed by atoms with Crippen LogP contribution in [-0.4, -0.2) is 62.8 Å². The molecule has 3 aromatic rings. The van der Waals surface area contributed by atoms with Crippen molar-refractivity contribution in [2.24, 2.45) is 0 Å². The molecule has 1 fully saturated rings. The summed E-state index contributed by atoms with van der Waals surface area (Å²) in [6.45, 7) is 6.20. The molecular weight excluding hydrogens is 320 g/mol. The lowest BCUT2D eigenvalue weighted by molar-refractivity contribution is 0.396. The molecule has 0 saturated carbocycles.